The van der Waals surface area contributed by atoms with Gasteiger partial charge in [0, 0.05) is 0 Å². The van der Waals surface area contributed by atoms with Gasteiger partial charge in [0.25, 0.3) is 5.56 Å². The Hall–Kier alpha value is -2.15. The highest BCUT2D eigenvalue weighted by Gasteiger charge is 2.24. The van der Waals surface area contributed by atoms with Crippen molar-refractivity contribution in [3.63, 3.8) is 0 Å². The van der Waals surface area contributed by atoms with Crippen molar-refractivity contribution in [1.82, 2.24) is 14.2 Å². The Kier molecular flexibility index (Phi) is 3.74. The van der Waals surface area contributed by atoms with Crippen molar-refractivity contribution in [2.24, 2.45) is 0 Å². The van der Waals surface area contributed by atoms with E-state index in [2.05, 4.69) is 5.10 Å². The normalized spacial score (nSPS) is 12.9. The fourth-order valence-electron chi connectivity index (χ4n) is 2.68. The molecule has 0 fully saturated rings. The zero-order chi connectivity index (χ0) is 15.9. The fourth-order valence-corrected chi connectivity index (χ4v) is 3.49. The standard InChI is InChI=1S/C15H17N3O3S/c1-4-10(15(20)21-5-2)18-14(19)12-8-13-11(6-7-22-13)17(12)9(3)16-18/h6-8,10H,4-5H2,1-3H3/t10-/m1/s1. The molecule has 0 saturated heterocycles. The van der Waals surface area contributed by atoms with E-state index in [0.29, 0.717) is 17.8 Å². The van der Waals surface area contributed by atoms with Crippen molar-refractivity contribution in [2.45, 2.75) is 33.2 Å². The highest BCUT2D eigenvalue weighted by molar-refractivity contribution is 7.17. The minimum absolute atomic E-state index is 0.270. The molecule has 0 saturated carbocycles. The summed E-state index contributed by atoms with van der Waals surface area (Å²) in [5, 5.41) is 6.33. The molecule has 0 N–H and O–H groups in total. The molecule has 0 aliphatic heterocycles. The molecule has 7 heteroatoms. The zero-order valence-corrected chi connectivity index (χ0v) is 13.5. The maximum atomic E-state index is 12.7. The van der Waals surface area contributed by atoms with Crippen molar-refractivity contribution in [3.8, 4) is 0 Å². The second kappa shape index (κ2) is 5.57. The predicted molar refractivity (Wildman–Crippen MR) is 85.5 cm³/mol. The molecular formula is C15H17N3O3S. The quantitative estimate of drug-likeness (QED) is 0.693. The van der Waals surface area contributed by atoms with Crippen molar-refractivity contribution in [1.29, 1.82) is 0 Å². The number of carbonyl (C=O) groups excluding carboxylic acids is 1. The summed E-state index contributed by atoms with van der Waals surface area (Å²) in [6, 6.07) is 3.13. The van der Waals surface area contributed by atoms with E-state index >= 15 is 0 Å². The second-order valence-electron chi connectivity index (χ2n) is 5.01. The van der Waals surface area contributed by atoms with Gasteiger partial charge in [0.1, 0.15) is 11.3 Å². The lowest BCUT2D eigenvalue weighted by Gasteiger charge is -2.16. The molecule has 0 aromatic carbocycles. The van der Waals surface area contributed by atoms with Gasteiger partial charge in [-0.15, -0.1) is 11.3 Å². The Bertz CT molecular complexity index is 906. The smallest absolute Gasteiger partial charge is 0.331 e. The van der Waals surface area contributed by atoms with Crippen LogP contribution in [0.25, 0.3) is 15.7 Å². The average molecular weight is 319 g/mol. The van der Waals surface area contributed by atoms with Crippen LogP contribution in [0.2, 0.25) is 0 Å². The monoisotopic (exact) mass is 319 g/mol. The maximum Gasteiger partial charge on any atom is 0.331 e. The van der Waals surface area contributed by atoms with Crippen molar-refractivity contribution in [3.05, 3.63) is 33.7 Å². The van der Waals surface area contributed by atoms with Crippen LogP contribution in [0.15, 0.2) is 22.3 Å². The van der Waals surface area contributed by atoms with Crippen LogP contribution in [0, 0.1) is 6.92 Å². The highest BCUT2D eigenvalue weighted by atomic mass is 32.1. The van der Waals surface area contributed by atoms with Gasteiger partial charge in [0.15, 0.2) is 6.04 Å². The van der Waals surface area contributed by atoms with Crippen LogP contribution in [0.3, 0.4) is 0 Å². The van der Waals surface area contributed by atoms with Crippen molar-refractivity contribution in [2.75, 3.05) is 6.61 Å². The topological polar surface area (TPSA) is 65.6 Å². The Morgan fingerprint density at radius 2 is 2.18 bits per heavy atom. The maximum absolute atomic E-state index is 12.7. The summed E-state index contributed by atoms with van der Waals surface area (Å²) in [6.07, 6.45) is 0.455. The summed E-state index contributed by atoms with van der Waals surface area (Å²) in [4.78, 5) is 24.8. The minimum Gasteiger partial charge on any atom is -0.464 e. The van der Waals surface area contributed by atoms with Crippen molar-refractivity contribution >= 4 is 33.0 Å². The summed E-state index contributed by atoms with van der Waals surface area (Å²) in [5.74, 6) is 0.252. The number of ether oxygens (including phenoxy) is 1. The van der Waals surface area contributed by atoms with Crippen LogP contribution in [0.5, 0.6) is 0 Å². The number of carbonyl (C=O) groups is 1. The van der Waals surface area contributed by atoms with Crippen LogP contribution in [-0.4, -0.2) is 26.8 Å². The number of hydrogen-bond donors (Lipinski definition) is 0. The van der Waals surface area contributed by atoms with Gasteiger partial charge in [-0.3, -0.25) is 9.20 Å². The van der Waals surface area contributed by atoms with Gasteiger partial charge in [-0.1, -0.05) is 6.92 Å². The first-order chi connectivity index (χ1) is 10.6. The third kappa shape index (κ3) is 2.12. The third-order valence-corrected chi connectivity index (χ3v) is 4.52. The molecule has 3 rings (SSSR count). The summed E-state index contributed by atoms with van der Waals surface area (Å²) in [6.45, 7) is 5.70. The average Bonchev–Trinajstić information content (AvgIpc) is 3.05. The first-order valence-corrected chi connectivity index (χ1v) is 8.11. The molecule has 0 bridgehead atoms. The number of nitrogens with zero attached hydrogens (tertiary/aromatic N) is 3. The molecule has 22 heavy (non-hydrogen) atoms. The molecular weight excluding hydrogens is 302 g/mol. The van der Waals surface area contributed by atoms with Crippen LogP contribution in [0.4, 0.5) is 0 Å². The minimum atomic E-state index is -0.691. The largest absolute Gasteiger partial charge is 0.464 e. The lowest BCUT2D eigenvalue weighted by Crippen LogP contribution is -2.34. The van der Waals surface area contributed by atoms with E-state index in [-0.39, 0.29) is 12.2 Å². The van der Waals surface area contributed by atoms with Gasteiger partial charge in [-0.2, -0.15) is 5.10 Å². The fraction of sp³-hybridized carbons (Fsp3) is 0.400. The molecule has 1 atom stereocenters. The van der Waals surface area contributed by atoms with Gasteiger partial charge >= 0.3 is 5.97 Å². The highest BCUT2D eigenvalue weighted by Crippen LogP contribution is 2.25. The van der Waals surface area contributed by atoms with Crippen LogP contribution >= 0.6 is 11.3 Å². The number of hydrogen-bond acceptors (Lipinski definition) is 5. The molecule has 3 aromatic rings. The first kappa shape index (κ1) is 14.8. The Morgan fingerprint density at radius 3 is 2.86 bits per heavy atom. The van der Waals surface area contributed by atoms with Crippen LogP contribution in [0.1, 0.15) is 32.1 Å². The molecule has 3 heterocycles. The van der Waals surface area contributed by atoms with Gasteiger partial charge in [0.05, 0.1) is 16.8 Å². The SMILES string of the molecule is CCOC(=O)[C@@H](CC)n1nc(C)n2c(cc3sccc32)c1=O. The predicted octanol–water partition coefficient (Wildman–Crippen LogP) is 2.53. The van der Waals surface area contributed by atoms with Gasteiger partial charge in [0.2, 0.25) is 0 Å². The molecule has 0 radical (unpaired) electrons. The number of esters is 1. The van der Waals surface area contributed by atoms with E-state index in [4.69, 9.17) is 4.74 Å². The zero-order valence-electron chi connectivity index (χ0n) is 12.7. The molecule has 0 spiro atoms. The summed E-state index contributed by atoms with van der Waals surface area (Å²) in [7, 11) is 0. The molecule has 0 unspecified atom stereocenters. The van der Waals surface area contributed by atoms with Crippen LogP contribution in [-0.2, 0) is 9.53 Å². The van der Waals surface area contributed by atoms with E-state index in [0.717, 1.165) is 10.2 Å². The Morgan fingerprint density at radius 1 is 1.41 bits per heavy atom. The first-order valence-electron chi connectivity index (χ1n) is 7.23. The van der Waals surface area contributed by atoms with Gasteiger partial charge in [-0.05, 0) is 37.8 Å². The van der Waals surface area contributed by atoms with E-state index in [1.54, 1.807) is 18.3 Å². The molecule has 0 amide bonds. The number of rotatable bonds is 4. The molecule has 3 aromatic heterocycles. The summed E-state index contributed by atoms with van der Waals surface area (Å²) in [5.41, 5.74) is 1.24. The lowest BCUT2D eigenvalue weighted by atomic mass is 10.2. The molecule has 6 nitrogen and oxygen atoms in total. The lowest BCUT2D eigenvalue weighted by molar-refractivity contribution is -0.147. The molecule has 0 aliphatic carbocycles. The van der Waals surface area contributed by atoms with E-state index in [1.165, 1.54) is 4.68 Å². The van der Waals surface area contributed by atoms with Gasteiger partial charge in [-0.25, -0.2) is 9.48 Å². The Labute approximate surface area is 130 Å². The number of thiophene rings is 1. The van der Waals surface area contributed by atoms with E-state index in [1.807, 2.05) is 35.8 Å². The number of fused-ring (bicyclic) bond motifs is 3. The van der Waals surface area contributed by atoms with Crippen LogP contribution < -0.4 is 5.56 Å². The molecule has 116 valence electrons. The van der Waals surface area contributed by atoms with Gasteiger partial charge < -0.3 is 4.74 Å². The van der Waals surface area contributed by atoms with Crippen molar-refractivity contribution < 1.29 is 9.53 Å². The van der Waals surface area contributed by atoms with E-state index in [9.17, 15) is 9.59 Å². The Balaban J connectivity index is 2.24. The molecule has 0 aliphatic rings. The summed E-state index contributed by atoms with van der Waals surface area (Å²) >= 11 is 1.58. The summed E-state index contributed by atoms with van der Waals surface area (Å²) < 4.78 is 9.18. The van der Waals surface area contributed by atoms with E-state index < -0.39 is 12.0 Å². The number of aryl methyl sites for hydroxylation is 1. The third-order valence-electron chi connectivity index (χ3n) is 3.67. The number of aromatic nitrogens is 3. The second-order valence-corrected chi connectivity index (χ2v) is 5.96.